The van der Waals surface area contributed by atoms with Crippen LogP contribution in [0.25, 0.3) is 0 Å². The molecule has 168 valence electrons. The molecular formula is C21H27N3O6S. The largest absolute Gasteiger partial charge is 0.506 e. The maximum absolute atomic E-state index is 11.4. The Balaban J connectivity index is 1.51. The minimum Gasteiger partial charge on any atom is -0.506 e. The van der Waals surface area contributed by atoms with Crippen LogP contribution in [0.15, 0.2) is 42.5 Å². The van der Waals surface area contributed by atoms with Gasteiger partial charge in [0.1, 0.15) is 5.75 Å². The summed E-state index contributed by atoms with van der Waals surface area (Å²) in [5.74, 6) is -1.15. The van der Waals surface area contributed by atoms with Gasteiger partial charge in [-0.1, -0.05) is 6.07 Å². The molecule has 0 aromatic heterocycles. The first-order valence-corrected chi connectivity index (χ1v) is 11.8. The molecule has 31 heavy (non-hydrogen) atoms. The van der Waals surface area contributed by atoms with Crippen molar-refractivity contribution >= 4 is 27.4 Å². The summed E-state index contributed by atoms with van der Waals surface area (Å²) >= 11 is 0. The molecule has 2 aromatic rings. The summed E-state index contributed by atoms with van der Waals surface area (Å²) in [4.78, 5) is 13.2. The van der Waals surface area contributed by atoms with Crippen molar-refractivity contribution in [2.75, 3.05) is 35.5 Å². The van der Waals surface area contributed by atoms with Gasteiger partial charge in [-0.15, -0.1) is 0 Å². The van der Waals surface area contributed by atoms with Gasteiger partial charge >= 0.3 is 5.97 Å². The molecule has 0 unspecified atom stereocenters. The van der Waals surface area contributed by atoms with Crippen molar-refractivity contribution in [2.45, 2.75) is 25.0 Å². The number of carboxylic acids is 1. The van der Waals surface area contributed by atoms with Gasteiger partial charge in [-0.2, -0.15) is 0 Å². The number of carboxylic acid groups (broad SMARTS) is 1. The molecule has 0 amide bonds. The standard InChI is InChI=1S/C21H27N3O6S/c1-31(29,30)23-18-12-15(4-7-19(18)25)20(26)13-22-16-8-10-24(11-9-16)17-5-2-14(3-6-17)21(27)28/h2-7,12,16,20,22-23,25-26H,8-11,13H2,1H3,(H,27,28)/t20-/m0/s1. The van der Waals surface area contributed by atoms with Gasteiger partial charge in [0.05, 0.1) is 23.6 Å². The Hall–Kier alpha value is -2.82. The van der Waals surface area contributed by atoms with Gasteiger partial charge in [0, 0.05) is 31.4 Å². The van der Waals surface area contributed by atoms with E-state index >= 15 is 0 Å². The molecule has 10 heteroatoms. The number of aliphatic hydroxyl groups excluding tert-OH is 1. The van der Waals surface area contributed by atoms with E-state index in [-0.39, 0.29) is 23.0 Å². The number of carbonyl (C=O) groups is 1. The smallest absolute Gasteiger partial charge is 0.335 e. The van der Waals surface area contributed by atoms with Crippen molar-refractivity contribution in [1.82, 2.24) is 5.32 Å². The molecule has 1 heterocycles. The average molecular weight is 450 g/mol. The van der Waals surface area contributed by atoms with E-state index in [9.17, 15) is 23.4 Å². The Bertz CT molecular complexity index is 1020. The van der Waals surface area contributed by atoms with Gasteiger partial charge in [0.15, 0.2) is 0 Å². The second kappa shape index (κ2) is 9.54. The number of hydrogen-bond acceptors (Lipinski definition) is 7. The van der Waals surface area contributed by atoms with Crippen molar-refractivity contribution < 1.29 is 28.5 Å². The van der Waals surface area contributed by atoms with Crippen LogP contribution in [0.4, 0.5) is 11.4 Å². The average Bonchev–Trinajstić information content (AvgIpc) is 2.73. The van der Waals surface area contributed by atoms with Gasteiger partial charge in [-0.05, 0) is 54.8 Å². The van der Waals surface area contributed by atoms with Crippen LogP contribution in [-0.4, -0.2) is 61.6 Å². The number of anilines is 2. The zero-order valence-corrected chi connectivity index (χ0v) is 18.0. The summed E-state index contributed by atoms with van der Waals surface area (Å²) in [6.07, 6.45) is 1.86. The summed E-state index contributed by atoms with van der Waals surface area (Å²) in [7, 11) is -3.55. The Morgan fingerprint density at radius 1 is 1.16 bits per heavy atom. The van der Waals surface area contributed by atoms with Crippen molar-refractivity contribution in [3.05, 3.63) is 53.6 Å². The van der Waals surface area contributed by atoms with Crippen LogP contribution in [0.3, 0.4) is 0 Å². The maximum atomic E-state index is 11.4. The molecule has 0 saturated carbocycles. The second-order valence-electron chi connectivity index (χ2n) is 7.69. The Morgan fingerprint density at radius 2 is 1.81 bits per heavy atom. The third kappa shape index (κ3) is 6.33. The first-order valence-electron chi connectivity index (χ1n) is 9.93. The van der Waals surface area contributed by atoms with E-state index in [1.165, 1.54) is 12.1 Å². The lowest BCUT2D eigenvalue weighted by atomic mass is 10.0. The molecule has 1 atom stereocenters. The number of hydrogen-bond donors (Lipinski definition) is 5. The van der Waals surface area contributed by atoms with Gasteiger partial charge in [-0.3, -0.25) is 4.72 Å². The van der Waals surface area contributed by atoms with E-state index in [2.05, 4.69) is 14.9 Å². The molecule has 1 aliphatic rings. The number of aromatic carboxylic acids is 1. The molecule has 9 nitrogen and oxygen atoms in total. The Kier molecular flexibility index (Phi) is 7.04. The normalized spacial score (nSPS) is 16.1. The fourth-order valence-electron chi connectivity index (χ4n) is 3.60. The van der Waals surface area contributed by atoms with Crippen molar-refractivity contribution in [3.8, 4) is 5.75 Å². The third-order valence-corrected chi connectivity index (χ3v) is 5.87. The molecule has 5 N–H and O–H groups in total. The van der Waals surface area contributed by atoms with E-state index < -0.39 is 22.1 Å². The van der Waals surface area contributed by atoms with Crippen LogP contribution in [0, 0.1) is 0 Å². The first-order chi connectivity index (χ1) is 14.6. The number of phenols is 1. The highest BCUT2D eigenvalue weighted by molar-refractivity contribution is 7.92. The van der Waals surface area contributed by atoms with E-state index in [0.29, 0.717) is 12.1 Å². The summed E-state index contributed by atoms with van der Waals surface area (Å²) in [6.45, 7) is 1.91. The molecule has 1 saturated heterocycles. The van der Waals surface area contributed by atoms with Crippen molar-refractivity contribution in [2.24, 2.45) is 0 Å². The van der Waals surface area contributed by atoms with Gasteiger partial charge in [0.25, 0.3) is 0 Å². The van der Waals surface area contributed by atoms with E-state index in [4.69, 9.17) is 5.11 Å². The van der Waals surface area contributed by atoms with E-state index in [1.807, 2.05) is 12.1 Å². The number of rotatable bonds is 8. The zero-order chi connectivity index (χ0) is 22.6. The molecule has 0 aliphatic carbocycles. The lowest BCUT2D eigenvalue weighted by Gasteiger charge is -2.34. The number of sulfonamides is 1. The predicted molar refractivity (Wildman–Crippen MR) is 118 cm³/mol. The summed E-state index contributed by atoms with van der Waals surface area (Å²) in [5.41, 5.74) is 1.77. The number of phenolic OH excluding ortho intramolecular Hbond substituents is 1. The van der Waals surface area contributed by atoms with Crippen LogP contribution < -0.4 is 14.9 Å². The highest BCUT2D eigenvalue weighted by atomic mass is 32.2. The van der Waals surface area contributed by atoms with Crippen LogP contribution in [0.2, 0.25) is 0 Å². The fraction of sp³-hybridized carbons (Fsp3) is 0.381. The quantitative estimate of drug-likeness (QED) is 0.384. The van der Waals surface area contributed by atoms with Crippen molar-refractivity contribution in [1.29, 1.82) is 0 Å². The van der Waals surface area contributed by atoms with Crippen molar-refractivity contribution in [3.63, 3.8) is 0 Å². The minimum absolute atomic E-state index is 0.0290. The lowest BCUT2D eigenvalue weighted by Crippen LogP contribution is -2.43. The highest BCUT2D eigenvalue weighted by Gasteiger charge is 2.21. The van der Waals surface area contributed by atoms with Crippen LogP contribution in [0.1, 0.15) is 34.9 Å². The number of aromatic hydroxyl groups is 1. The number of nitrogens with one attached hydrogen (secondary N) is 2. The second-order valence-corrected chi connectivity index (χ2v) is 9.44. The molecule has 0 radical (unpaired) electrons. The Labute approximate surface area is 181 Å². The maximum Gasteiger partial charge on any atom is 0.335 e. The lowest BCUT2D eigenvalue weighted by molar-refractivity contribution is 0.0697. The topological polar surface area (TPSA) is 139 Å². The van der Waals surface area contributed by atoms with Crippen LogP contribution in [0.5, 0.6) is 5.75 Å². The molecule has 3 rings (SSSR count). The number of benzene rings is 2. The monoisotopic (exact) mass is 449 g/mol. The zero-order valence-electron chi connectivity index (χ0n) is 17.2. The van der Waals surface area contributed by atoms with Crippen LogP contribution >= 0.6 is 0 Å². The van der Waals surface area contributed by atoms with Crippen LogP contribution in [-0.2, 0) is 10.0 Å². The number of aliphatic hydroxyl groups is 1. The fourth-order valence-corrected chi connectivity index (χ4v) is 4.16. The summed E-state index contributed by atoms with van der Waals surface area (Å²) in [6, 6.07) is 11.4. The Morgan fingerprint density at radius 3 is 2.39 bits per heavy atom. The van der Waals surface area contributed by atoms with E-state index in [0.717, 1.165) is 37.9 Å². The van der Waals surface area contributed by atoms with Gasteiger partial charge < -0.3 is 25.5 Å². The molecule has 0 bridgehead atoms. The van der Waals surface area contributed by atoms with Gasteiger partial charge in [0.2, 0.25) is 10.0 Å². The molecular weight excluding hydrogens is 422 g/mol. The first kappa shape index (κ1) is 22.9. The van der Waals surface area contributed by atoms with E-state index in [1.54, 1.807) is 18.2 Å². The minimum atomic E-state index is -3.55. The predicted octanol–water partition coefficient (Wildman–Crippen LogP) is 1.75. The SMILES string of the molecule is CS(=O)(=O)Nc1cc([C@@H](O)CNC2CCN(c3ccc(C(=O)O)cc3)CC2)ccc1O. The summed E-state index contributed by atoms with van der Waals surface area (Å²) < 4.78 is 25.1. The molecule has 0 spiro atoms. The highest BCUT2D eigenvalue weighted by Crippen LogP contribution is 2.28. The number of nitrogens with zero attached hydrogens (tertiary/aromatic N) is 1. The molecule has 1 aliphatic heterocycles. The third-order valence-electron chi connectivity index (χ3n) is 5.27. The molecule has 1 fully saturated rings. The summed E-state index contributed by atoms with van der Waals surface area (Å²) in [5, 5.41) is 32.6. The number of piperidine rings is 1. The molecule has 2 aromatic carbocycles. The van der Waals surface area contributed by atoms with Gasteiger partial charge in [-0.25, -0.2) is 13.2 Å².